The van der Waals surface area contributed by atoms with Crippen molar-refractivity contribution >= 4 is 33.2 Å². The molecular formula is C14H12BrFN2O. The van der Waals surface area contributed by atoms with Gasteiger partial charge in [0, 0.05) is 11.4 Å². The number of halogens is 2. The van der Waals surface area contributed by atoms with Crippen LogP contribution in [-0.4, -0.2) is 5.91 Å². The Kier molecular flexibility index (Phi) is 3.85. The zero-order valence-electron chi connectivity index (χ0n) is 10.2. The maximum Gasteiger partial charge on any atom is 0.257 e. The molecule has 3 nitrogen and oxygen atoms in total. The number of rotatable bonds is 2. The van der Waals surface area contributed by atoms with Gasteiger partial charge < -0.3 is 11.1 Å². The SMILES string of the molecule is Cc1ccc(C(=O)Nc2ccc(F)c(Br)c2)c(N)c1. The molecule has 0 bridgehead atoms. The summed E-state index contributed by atoms with van der Waals surface area (Å²) in [5.41, 5.74) is 8.09. The van der Waals surface area contributed by atoms with Crippen molar-refractivity contribution < 1.29 is 9.18 Å². The van der Waals surface area contributed by atoms with Crippen LogP contribution in [0, 0.1) is 12.7 Å². The van der Waals surface area contributed by atoms with E-state index in [1.165, 1.54) is 18.2 Å². The Bertz CT molecular complexity index is 643. The maximum absolute atomic E-state index is 13.1. The van der Waals surface area contributed by atoms with Crippen LogP contribution in [-0.2, 0) is 0 Å². The quantitative estimate of drug-likeness (QED) is 0.828. The highest BCUT2D eigenvalue weighted by Gasteiger charge is 2.10. The predicted molar refractivity (Wildman–Crippen MR) is 77.6 cm³/mol. The van der Waals surface area contributed by atoms with E-state index in [1.807, 2.05) is 13.0 Å². The minimum Gasteiger partial charge on any atom is -0.398 e. The van der Waals surface area contributed by atoms with Gasteiger partial charge >= 0.3 is 0 Å². The number of hydrogen-bond donors (Lipinski definition) is 2. The van der Waals surface area contributed by atoms with Gasteiger partial charge in [-0.15, -0.1) is 0 Å². The summed E-state index contributed by atoms with van der Waals surface area (Å²) in [6.07, 6.45) is 0. The van der Waals surface area contributed by atoms with Crippen molar-refractivity contribution in [3.05, 3.63) is 57.8 Å². The van der Waals surface area contributed by atoms with Crippen molar-refractivity contribution in [2.45, 2.75) is 6.92 Å². The molecule has 0 saturated heterocycles. The van der Waals surface area contributed by atoms with Crippen LogP contribution in [0.15, 0.2) is 40.9 Å². The number of nitrogens with one attached hydrogen (secondary N) is 1. The molecule has 0 aliphatic heterocycles. The standard InChI is InChI=1S/C14H12BrFN2O/c1-8-2-4-10(13(17)6-8)14(19)18-9-3-5-12(16)11(15)7-9/h2-7H,17H2,1H3,(H,18,19). The molecule has 2 rings (SSSR count). The Morgan fingerprint density at radius 3 is 2.63 bits per heavy atom. The Balaban J connectivity index is 2.23. The molecule has 0 heterocycles. The average Bonchev–Trinajstić information content (AvgIpc) is 2.33. The summed E-state index contributed by atoms with van der Waals surface area (Å²) in [5, 5.41) is 2.67. The topological polar surface area (TPSA) is 55.1 Å². The molecule has 5 heteroatoms. The van der Waals surface area contributed by atoms with Gasteiger partial charge in [-0.25, -0.2) is 4.39 Å². The summed E-state index contributed by atoms with van der Waals surface area (Å²) < 4.78 is 13.4. The third-order valence-electron chi connectivity index (χ3n) is 2.63. The van der Waals surface area contributed by atoms with Gasteiger partial charge in [0.1, 0.15) is 5.82 Å². The second-order valence-electron chi connectivity index (χ2n) is 4.17. The fourth-order valence-corrected chi connectivity index (χ4v) is 2.04. The van der Waals surface area contributed by atoms with E-state index in [0.29, 0.717) is 21.4 Å². The van der Waals surface area contributed by atoms with E-state index < -0.39 is 0 Å². The molecule has 0 aliphatic rings. The number of anilines is 2. The van der Waals surface area contributed by atoms with Crippen LogP contribution in [0.4, 0.5) is 15.8 Å². The third-order valence-corrected chi connectivity index (χ3v) is 3.24. The number of carbonyl (C=O) groups is 1. The molecule has 2 aromatic rings. The Labute approximate surface area is 118 Å². The second kappa shape index (κ2) is 5.40. The molecule has 1 amide bonds. The van der Waals surface area contributed by atoms with Crippen LogP contribution >= 0.6 is 15.9 Å². The van der Waals surface area contributed by atoms with Gasteiger partial charge in [0.15, 0.2) is 0 Å². The van der Waals surface area contributed by atoms with E-state index in [9.17, 15) is 9.18 Å². The summed E-state index contributed by atoms with van der Waals surface area (Å²) in [5.74, 6) is -0.705. The second-order valence-corrected chi connectivity index (χ2v) is 5.03. The van der Waals surface area contributed by atoms with Gasteiger partial charge in [-0.3, -0.25) is 4.79 Å². The van der Waals surface area contributed by atoms with Crippen LogP contribution in [0.3, 0.4) is 0 Å². The lowest BCUT2D eigenvalue weighted by Crippen LogP contribution is -2.14. The van der Waals surface area contributed by atoms with E-state index in [4.69, 9.17) is 5.73 Å². The number of aryl methyl sites for hydroxylation is 1. The van der Waals surface area contributed by atoms with Gasteiger partial charge in [0.25, 0.3) is 5.91 Å². The summed E-state index contributed by atoms with van der Waals surface area (Å²) in [6.45, 7) is 1.90. The number of carbonyl (C=O) groups excluding carboxylic acids is 1. The molecule has 0 atom stereocenters. The van der Waals surface area contributed by atoms with Crippen molar-refractivity contribution in [3.8, 4) is 0 Å². The summed E-state index contributed by atoms with van der Waals surface area (Å²) >= 11 is 3.07. The fraction of sp³-hybridized carbons (Fsp3) is 0.0714. The molecule has 98 valence electrons. The average molecular weight is 323 g/mol. The predicted octanol–water partition coefficient (Wildman–Crippen LogP) is 3.73. The number of nitrogens with two attached hydrogens (primary N) is 1. The van der Waals surface area contributed by atoms with Gasteiger partial charge in [-0.05, 0) is 58.7 Å². The van der Waals surface area contributed by atoms with Crippen LogP contribution < -0.4 is 11.1 Å². The fourth-order valence-electron chi connectivity index (χ4n) is 1.66. The van der Waals surface area contributed by atoms with E-state index >= 15 is 0 Å². The van der Waals surface area contributed by atoms with E-state index in [2.05, 4.69) is 21.2 Å². The minimum absolute atomic E-state index is 0.294. The van der Waals surface area contributed by atoms with Gasteiger partial charge in [-0.1, -0.05) is 6.07 Å². The zero-order valence-corrected chi connectivity index (χ0v) is 11.8. The van der Waals surface area contributed by atoms with Crippen molar-refractivity contribution in [2.24, 2.45) is 0 Å². The van der Waals surface area contributed by atoms with E-state index in [1.54, 1.807) is 12.1 Å². The van der Waals surface area contributed by atoms with Gasteiger partial charge in [0.05, 0.1) is 10.0 Å². The number of nitrogen functional groups attached to an aromatic ring is 1. The van der Waals surface area contributed by atoms with Crippen LogP contribution in [0.1, 0.15) is 15.9 Å². The normalized spacial score (nSPS) is 10.3. The highest BCUT2D eigenvalue weighted by atomic mass is 79.9. The number of amides is 1. The third kappa shape index (κ3) is 3.12. The molecule has 0 fully saturated rings. The van der Waals surface area contributed by atoms with Crippen molar-refractivity contribution in [2.75, 3.05) is 11.1 Å². The molecule has 0 spiro atoms. The van der Waals surface area contributed by atoms with Gasteiger partial charge in [0.2, 0.25) is 0 Å². The lowest BCUT2D eigenvalue weighted by molar-refractivity contribution is 0.102. The molecule has 0 aromatic heterocycles. The molecule has 0 saturated carbocycles. The summed E-state index contributed by atoms with van der Waals surface area (Å²) in [7, 11) is 0. The first kappa shape index (κ1) is 13.5. The smallest absolute Gasteiger partial charge is 0.257 e. The molecule has 0 unspecified atom stereocenters. The van der Waals surface area contributed by atoms with Crippen LogP contribution in [0.5, 0.6) is 0 Å². The molecule has 0 aliphatic carbocycles. The largest absolute Gasteiger partial charge is 0.398 e. The Hall–Kier alpha value is -1.88. The highest BCUT2D eigenvalue weighted by molar-refractivity contribution is 9.10. The molecular weight excluding hydrogens is 311 g/mol. The molecule has 19 heavy (non-hydrogen) atoms. The zero-order chi connectivity index (χ0) is 14.0. The van der Waals surface area contributed by atoms with E-state index in [-0.39, 0.29) is 11.7 Å². The van der Waals surface area contributed by atoms with Crippen molar-refractivity contribution in [1.29, 1.82) is 0 Å². The Morgan fingerprint density at radius 1 is 1.26 bits per heavy atom. The maximum atomic E-state index is 13.1. The lowest BCUT2D eigenvalue weighted by Gasteiger charge is -2.08. The first-order valence-corrected chi connectivity index (χ1v) is 6.39. The van der Waals surface area contributed by atoms with Crippen LogP contribution in [0.2, 0.25) is 0 Å². The first-order chi connectivity index (χ1) is 8.97. The van der Waals surface area contributed by atoms with E-state index in [0.717, 1.165) is 5.56 Å². The first-order valence-electron chi connectivity index (χ1n) is 5.60. The lowest BCUT2D eigenvalue weighted by atomic mass is 10.1. The monoisotopic (exact) mass is 322 g/mol. The summed E-state index contributed by atoms with van der Waals surface area (Å²) in [4.78, 5) is 12.0. The minimum atomic E-state index is -0.382. The molecule has 2 aromatic carbocycles. The number of benzene rings is 2. The number of hydrogen-bond acceptors (Lipinski definition) is 2. The summed E-state index contributed by atoms with van der Waals surface area (Å²) in [6, 6.07) is 9.47. The van der Waals surface area contributed by atoms with Crippen molar-refractivity contribution in [3.63, 3.8) is 0 Å². The highest BCUT2D eigenvalue weighted by Crippen LogP contribution is 2.21. The van der Waals surface area contributed by atoms with Gasteiger partial charge in [-0.2, -0.15) is 0 Å². The van der Waals surface area contributed by atoms with Crippen LogP contribution in [0.25, 0.3) is 0 Å². The molecule has 3 N–H and O–H groups in total. The van der Waals surface area contributed by atoms with Crippen molar-refractivity contribution in [1.82, 2.24) is 0 Å². The Morgan fingerprint density at radius 2 is 2.00 bits per heavy atom. The molecule has 0 radical (unpaired) electrons.